The molecule has 0 aromatic carbocycles. The molecule has 0 spiro atoms. The van der Waals surface area contributed by atoms with Crippen LogP contribution >= 0.6 is 0 Å². The van der Waals surface area contributed by atoms with Crippen molar-refractivity contribution < 1.29 is 14.6 Å². The molecule has 0 fully saturated rings. The quantitative estimate of drug-likeness (QED) is 0.354. The van der Waals surface area contributed by atoms with Gasteiger partial charge in [-0.1, -0.05) is 19.9 Å². The van der Waals surface area contributed by atoms with E-state index in [4.69, 9.17) is 0 Å². The van der Waals surface area contributed by atoms with Crippen molar-refractivity contribution in [1.82, 2.24) is 0 Å². The average Bonchev–Trinajstić information content (AvgIpc) is 1.87. The molecule has 3 heteroatoms. The lowest BCUT2D eigenvalue weighted by molar-refractivity contribution is -0.175. The molecule has 11 heavy (non-hydrogen) atoms. The molecule has 0 rings (SSSR count). The first-order valence-corrected chi connectivity index (χ1v) is 3.60. The summed E-state index contributed by atoms with van der Waals surface area (Å²) in [6, 6.07) is 0. The van der Waals surface area contributed by atoms with Gasteiger partial charge in [0.2, 0.25) is 6.29 Å². The van der Waals surface area contributed by atoms with Crippen LogP contribution in [0.25, 0.3) is 0 Å². The fourth-order valence-corrected chi connectivity index (χ4v) is 0.515. The molecule has 0 aromatic rings. The van der Waals surface area contributed by atoms with Crippen LogP contribution in [0.15, 0.2) is 12.2 Å². The van der Waals surface area contributed by atoms with Crippen LogP contribution in [0.5, 0.6) is 0 Å². The molecular formula is C8H13O3. The van der Waals surface area contributed by atoms with Crippen LogP contribution in [-0.2, 0) is 14.6 Å². The zero-order valence-corrected chi connectivity index (χ0v) is 6.92. The second-order valence-corrected chi connectivity index (χ2v) is 2.40. The summed E-state index contributed by atoms with van der Waals surface area (Å²) < 4.78 is 4.46. The highest BCUT2D eigenvalue weighted by Gasteiger charge is 2.11. The lowest BCUT2D eigenvalue weighted by Gasteiger charge is -2.07. The van der Waals surface area contributed by atoms with Gasteiger partial charge in [0.05, 0.1) is 0 Å². The highest BCUT2D eigenvalue weighted by atomic mass is 16.6. The van der Waals surface area contributed by atoms with E-state index < -0.39 is 12.3 Å². The van der Waals surface area contributed by atoms with E-state index in [0.29, 0.717) is 6.42 Å². The van der Waals surface area contributed by atoms with Crippen molar-refractivity contribution >= 4 is 5.97 Å². The third-order valence-electron chi connectivity index (χ3n) is 1.11. The molecule has 3 nitrogen and oxygen atoms in total. The molecule has 0 aliphatic rings. The second-order valence-electron chi connectivity index (χ2n) is 2.40. The number of ether oxygens (including phenoxy) is 1. The molecule has 0 saturated carbocycles. The standard InChI is InChI=1S/C8H13O3/c1-4-5-7(9)11-8(10)6(2)3/h7H,2,4-5H2,1,3H3. The molecule has 63 valence electrons. The highest BCUT2D eigenvalue weighted by Crippen LogP contribution is 2.02. The first-order valence-electron chi connectivity index (χ1n) is 3.60. The summed E-state index contributed by atoms with van der Waals surface area (Å²) in [5.74, 6) is -0.599. The van der Waals surface area contributed by atoms with E-state index in [1.54, 1.807) is 0 Å². The first kappa shape index (κ1) is 10.2. The normalized spacial score (nSPS) is 12.3. The lowest BCUT2D eigenvalue weighted by atomic mass is 10.3. The molecule has 0 aromatic heterocycles. The predicted molar refractivity (Wildman–Crippen MR) is 40.3 cm³/mol. The number of hydrogen-bond donors (Lipinski definition) is 0. The van der Waals surface area contributed by atoms with Crippen molar-refractivity contribution in [2.45, 2.75) is 33.0 Å². The van der Waals surface area contributed by atoms with Crippen LogP contribution in [0, 0.1) is 0 Å². The molecule has 1 unspecified atom stereocenters. The zero-order valence-electron chi connectivity index (χ0n) is 6.92. The smallest absolute Gasteiger partial charge is 0.335 e. The highest BCUT2D eigenvalue weighted by molar-refractivity contribution is 5.86. The maximum absolute atomic E-state index is 10.8. The van der Waals surface area contributed by atoms with Gasteiger partial charge in [0, 0.05) is 12.0 Å². The fraction of sp³-hybridized carbons (Fsp3) is 0.625. The van der Waals surface area contributed by atoms with Crippen molar-refractivity contribution in [3.05, 3.63) is 12.2 Å². The van der Waals surface area contributed by atoms with Crippen molar-refractivity contribution in [2.75, 3.05) is 0 Å². The summed E-state index contributed by atoms with van der Waals surface area (Å²) in [4.78, 5) is 10.7. The van der Waals surface area contributed by atoms with E-state index >= 15 is 0 Å². The second kappa shape index (κ2) is 4.91. The topological polar surface area (TPSA) is 46.2 Å². The van der Waals surface area contributed by atoms with E-state index in [-0.39, 0.29) is 5.57 Å². The third kappa shape index (κ3) is 4.56. The molecule has 1 radical (unpaired) electrons. The van der Waals surface area contributed by atoms with Crippen molar-refractivity contribution in [2.24, 2.45) is 0 Å². The Hall–Kier alpha value is -0.830. The fourth-order valence-electron chi connectivity index (χ4n) is 0.515. The zero-order chi connectivity index (χ0) is 8.85. The lowest BCUT2D eigenvalue weighted by Crippen LogP contribution is -2.16. The van der Waals surface area contributed by atoms with E-state index in [1.165, 1.54) is 6.92 Å². The number of esters is 1. The van der Waals surface area contributed by atoms with E-state index in [9.17, 15) is 9.90 Å². The van der Waals surface area contributed by atoms with Gasteiger partial charge in [0.25, 0.3) is 0 Å². The number of hydrogen-bond acceptors (Lipinski definition) is 2. The van der Waals surface area contributed by atoms with Gasteiger partial charge in [-0.25, -0.2) is 4.79 Å². The maximum Gasteiger partial charge on any atom is 0.335 e. The summed E-state index contributed by atoms with van der Waals surface area (Å²) in [7, 11) is 0. The van der Waals surface area contributed by atoms with Gasteiger partial charge in [-0.15, -0.1) is 0 Å². The Bertz CT molecular complexity index is 151. The van der Waals surface area contributed by atoms with Gasteiger partial charge in [0.15, 0.2) is 0 Å². The predicted octanol–water partition coefficient (Wildman–Crippen LogP) is 1.66. The van der Waals surface area contributed by atoms with Crippen molar-refractivity contribution in [3.8, 4) is 0 Å². The van der Waals surface area contributed by atoms with E-state index in [2.05, 4.69) is 11.3 Å². The molecule has 0 aliphatic heterocycles. The number of carbonyl (C=O) groups is 1. The van der Waals surface area contributed by atoms with Gasteiger partial charge in [-0.3, -0.25) is 0 Å². The Labute approximate surface area is 66.7 Å². The monoisotopic (exact) mass is 157 g/mol. The van der Waals surface area contributed by atoms with E-state index in [0.717, 1.165) is 6.42 Å². The summed E-state index contributed by atoms with van der Waals surface area (Å²) in [6.45, 7) is 6.73. The molecule has 0 saturated heterocycles. The SMILES string of the molecule is C=C(C)C(=O)OC([O])CCC. The Morgan fingerprint density at radius 3 is 2.55 bits per heavy atom. The molecule has 0 bridgehead atoms. The van der Waals surface area contributed by atoms with Gasteiger partial charge in [-0.2, -0.15) is 5.11 Å². The van der Waals surface area contributed by atoms with Crippen LogP contribution < -0.4 is 0 Å². The van der Waals surface area contributed by atoms with Crippen LogP contribution in [0.2, 0.25) is 0 Å². The molecular weight excluding hydrogens is 144 g/mol. The summed E-state index contributed by atoms with van der Waals surface area (Å²) in [5, 5.41) is 10.8. The van der Waals surface area contributed by atoms with Crippen molar-refractivity contribution in [1.29, 1.82) is 0 Å². The van der Waals surface area contributed by atoms with Crippen LogP contribution in [0.3, 0.4) is 0 Å². The Morgan fingerprint density at radius 2 is 2.18 bits per heavy atom. The summed E-state index contributed by atoms with van der Waals surface area (Å²) >= 11 is 0. The summed E-state index contributed by atoms with van der Waals surface area (Å²) in [5.41, 5.74) is 0.266. The van der Waals surface area contributed by atoms with E-state index in [1.807, 2.05) is 6.92 Å². The minimum Gasteiger partial charge on any atom is -0.430 e. The minimum absolute atomic E-state index is 0.266. The average molecular weight is 157 g/mol. The largest absolute Gasteiger partial charge is 0.430 e. The van der Waals surface area contributed by atoms with Gasteiger partial charge in [-0.05, 0) is 6.92 Å². The van der Waals surface area contributed by atoms with Crippen molar-refractivity contribution in [3.63, 3.8) is 0 Å². The molecule has 0 amide bonds. The van der Waals surface area contributed by atoms with Gasteiger partial charge in [0.1, 0.15) is 0 Å². The number of rotatable bonds is 4. The first-order chi connectivity index (χ1) is 5.07. The Kier molecular flexibility index (Phi) is 4.54. The molecule has 0 heterocycles. The molecule has 0 aliphatic carbocycles. The number of carbonyl (C=O) groups excluding carboxylic acids is 1. The van der Waals surface area contributed by atoms with Gasteiger partial charge >= 0.3 is 5.97 Å². The Morgan fingerprint density at radius 1 is 1.64 bits per heavy atom. The van der Waals surface area contributed by atoms with Crippen LogP contribution in [0.4, 0.5) is 0 Å². The van der Waals surface area contributed by atoms with Crippen LogP contribution in [-0.4, -0.2) is 12.3 Å². The summed E-state index contributed by atoms with van der Waals surface area (Å²) in [6.07, 6.45) is -0.152. The van der Waals surface area contributed by atoms with Crippen LogP contribution in [0.1, 0.15) is 26.7 Å². The third-order valence-corrected chi connectivity index (χ3v) is 1.11. The minimum atomic E-state index is -1.23. The maximum atomic E-state index is 10.8. The Balaban J connectivity index is 3.66. The van der Waals surface area contributed by atoms with Gasteiger partial charge < -0.3 is 4.74 Å². The molecule has 0 N–H and O–H groups in total. The molecule has 1 atom stereocenters.